The minimum Gasteiger partial charge on any atom is -0.367 e. The fourth-order valence-electron chi connectivity index (χ4n) is 2.46. The molecule has 0 amide bonds. The quantitative estimate of drug-likeness (QED) is 0.702. The van der Waals surface area contributed by atoms with E-state index in [1.165, 1.54) is 17.0 Å². The van der Waals surface area contributed by atoms with Gasteiger partial charge in [-0.1, -0.05) is 12.1 Å². The summed E-state index contributed by atoms with van der Waals surface area (Å²) in [5, 5.41) is 0. The van der Waals surface area contributed by atoms with Gasteiger partial charge in [0.05, 0.1) is 11.4 Å². The van der Waals surface area contributed by atoms with E-state index in [1.54, 1.807) is 0 Å². The predicted octanol–water partition coefficient (Wildman–Crippen LogP) is 1.23. The molecule has 0 bridgehead atoms. The summed E-state index contributed by atoms with van der Waals surface area (Å²) < 4.78 is 0. The summed E-state index contributed by atoms with van der Waals surface area (Å²) in [5.74, 6) is 0. The van der Waals surface area contributed by atoms with E-state index >= 15 is 0 Å². The van der Waals surface area contributed by atoms with Crippen molar-refractivity contribution < 1.29 is 0 Å². The predicted molar refractivity (Wildman–Crippen MR) is 65.0 cm³/mol. The van der Waals surface area contributed by atoms with Crippen LogP contribution in [0.2, 0.25) is 0 Å². The average Bonchev–Trinajstić information content (AvgIpc) is 2.74. The number of nitrogens with zero attached hydrogens (tertiary/aromatic N) is 3. The van der Waals surface area contributed by atoms with Crippen LogP contribution in [0, 0.1) is 0 Å². The smallest absolute Gasteiger partial charge is 0.0894 e. The Balaban J connectivity index is 1.82. The Morgan fingerprint density at radius 2 is 2.00 bits per heavy atom. The van der Waals surface area contributed by atoms with Crippen molar-refractivity contribution in [3.05, 3.63) is 35.7 Å². The summed E-state index contributed by atoms with van der Waals surface area (Å²) in [5.41, 5.74) is 3.92. The molecule has 1 aromatic heterocycles. The third-order valence-electron chi connectivity index (χ3n) is 3.49. The lowest BCUT2D eigenvalue weighted by molar-refractivity contribution is 0.207. The zero-order valence-electron chi connectivity index (χ0n) is 9.69. The van der Waals surface area contributed by atoms with E-state index in [9.17, 15) is 0 Å². The molecule has 0 aromatic carbocycles. The maximum absolute atomic E-state index is 4.51. The van der Waals surface area contributed by atoms with Crippen molar-refractivity contribution in [2.75, 3.05) is 33.2 Å². The van der Waals surface area contributed by atoms with Crippen molar-refractivity contribution in [2.45, 2.75) is 6.42 Å². The minimum absolute atomic E-state index is 1.05. The van der Waals surface area contributed by atoms with E-state index < -0.39 is 0 Å². The molecule has 0 N–H and O–H groups in total. The maximum atomic E-state index is 4.51. The lowest BCUT2D eigenvalue weighted by Gasteiger charge is -2.34. The van der Waals surface area contributed by atoms with E-state index in [0.29, 0.717) is 0 Å². The van der Waals surface area contributed by atoms with Gasteiger partial charge < -0.3 is 9.80 Å². The van der Waals surface area contributed by atoms with Crippen molar-refractivity contribution in [1.29, 1.82) is 0 Å². The van der Waals surface area contributed by atoms with Crippen LogP contribution < -0.4 is 0 Å². The Kier molecular flexibility index (Phi) is 2.40. The van der Waals surface area contributed by atoms with Crippen LogP contribution in [-0.2, 0) is 6.42 Å². The number of fused-ring (bicyclic) bond motifs is 1. The Labute approximate surface area is 96.4 Å². The number of likely N-dealkylation sites (N-methyl/N-ethyl adjacent to an activating group) is 1. The van der Waals surface area contributed by atoms with Gasteiger partial charge in [0, 0.05) is 32.4 Å². The molecule has 1 aliphatic heterocycles. The van der Waals surface area contributed by atoms with Gasteiger partial charge in [-0.3, -0.25) is 4.98 Å². The third-order valence-corrected chi connectivity index (χ3v) is 3.49. The highest BCUT2D eigenvalue weighted by Crippen LogP contribution is 2.28. The molecule has 3 nitrogen and oxygen atoms in total. The zero-order chi connectivity index (χ0) is 11.0. The molecule has 1 fully saturated rings. The van der Waals surface area contributed by atoms with Crippen molar-refractivity contribution in [2.24, 2.45) is 0 Å². The summed E-state index contributed by atoms with van der Waals surface area (Å²) in [4.78, 5) is 9.36. The van der Waals surface area contributed by atoms with Crippen LogP contribution in [0.1, 0.15) is 11.3 Å². The van der Waals surface area contributed by atoms with Crippen LogP contribution >= 0.6 is 0 Å². The Morgan fingerprint density at radius 3 is 2.81 bits per heavy atom. The van der Waals surface area contributed by atoms with Crippen molar-refractivity contribution in [1.82, 2.24) is 14.8 Å². The highest BCUT2D eigenvalue weighted by molar-refractivity contribution is 5.68. The number of rotatable bonds is 1. The number of aromatic nitrogens is 1. The zero-order valence-corrected chi connectivity index (χ0v) is 9.69. The number of hydrogen-bond acceptors (Lipinski definition) is 3. The second kappa shape index (κ2) is 3.91. The number of allylic oxidation sites excluding steroid dienone is 1. The minimum atomic E-state index is 1.05. The van der Waals surface area contributed by atoms with Crippen molar-refractivity contribution >= 4 is 5.70 Å². The van der Waals surface area contributed by atoms with Gasteiger partial charge in [0.1, 0.15) is 0 Å². The van der Waals surface area contributed by atoms with E-state index in [0.717, 1.165) is 32.6 Å². The first-order chi connectivity index (χ1) is 7.84. The van der Waals surface area contributed by atoms with Crippen LogP contribution in [0.5, 0.6) is 0 Å². The standard InChI is InChI=1S/C13H17N3/c1-15-7-9-16(10-8-15)12-5-4-11-3-2-6-14-13(11)12/h2-3,5-6H,4,7-10H2,1H3. The van der Waals surface area contributed by atoms with Crippen LogP contribution in [0.4, 0.5) is 0 Å². The largest absolute Gasteiger partial charge is 0.367 e. The molecule has 0 unspecified atom stereocenters. The molecule has 3 heteroatoms. The summed E-state index contributed by atoms with van der Waals surface area (Å²) in [6, 6.07) is 4.21. The number of piperazine rings is 1. The summed E-state index contributed by atoms with van der Waals surface area (Å²) in [6.07, 6.45) is 5.27. The lowest BCUT2D eigenvalue weighted by Crippen LogP contribution is -2.43. The molecular weight excluding hydrogens is 198 g/mol. The molecule has 16 heavy (non-hydrogen) atoms. The second-order valence-electron chi connectivity index (χ2n) is 4.59. The first kappa shape index (κ1) is 9.85. The van der Waals surface area contributed by atoms with Gasteiger partial charge >= 0.3 is 0 Å². The molecule has 0 radical (unpaired) electrons. The van der Waals surface area contributed by atoms with Gasteiger partial charge in [0.2, 0.25) is 0 Å². The molecule has 3 rings (SSSR count). The molecular formula is C13H17N3. The number of hydrogen-bond donors (Lipinski definition) is 0. The molecule has 2 heterocycles. The second-order valence-corrected chi connectivity index (χ2v) is 4.59. The molecule has 84 valence electrons. The summed E-state index contributed by atoms with van der Waals surface area (Å²) >= 11 is 0. The Bertz CT molecular complexity index is 417. The van der Waals surface area contributed by atoms with Crippen molar-refractivity contribution in [3.63, 3.8) is 0 Å². The molecule has 1 aliphatic carbocycles. The van der Waals surface area contributed by atoms with Gasteiger partial charge in [0.25, 0.3) is 0 Å². The van der Waals surface area contributed by atoms with Gasteiger partial charge in [-0.25, -0.2) is 0 Å². The molecule has 0 saturated carbocycles. The van der Waals surface area contributed by atoms with E-state index in [1.807, 2.05) is 12.3 Å². The van der Waals surface area contributed by atoms with Gasteiger partial charge in [-0.05, 0) is 25.1 Å². The lowest BCUT2D eigenvalue weighted by atomic mass is 10.2. The molecule has 1 saturated heterocycles. The SMILES string of the molecule is CN1CCN(C2=CCc3cccnc32)CC1. The Hall–Kier alpha value is -1.35. The summed E-state index contributed by atoms with van der Waals surface area (Å²) in [6.45, 7) is 4.55. The fourth-order valence-corrected chi connectivity index (χ4v) is 2.46. The van der Waals surface area contributed by atoms with Crippen LogP contribution in [-0.4, -0.2) is 48.0 Å². The average molecular weight is 215 g/mol. The van der Waals surface area contributed by atoms with E-state index in [2.05, 4.69) is 34.0 Å². The third kappa shape index (κ3) is 1.61. The highest BCUT2D eigenvalue weighted by atomic mass is 15.3. The van der Waals surface area contributed by atoms with Crippen molar-refractivity contribution in [3.8, 4) is 0 Å². The fraction of sp³-hybridized carbons (Fsp3) is 0.462. The monoisotopic (exact) mass is 215 g/mol. The van der Waals surface area contributed by atoms with E-state index in [4.69, 9.17) is 0 Å². The molecule has 1 aromatic rings. The Morgan fingerprint density at radius 1 is 1.19 bits per heavy atom. The summed E-state index contributed by atoms with van der Waals surface area (Å²) in [7, 11) is 2.19. The van der Waals surface area contributed by atoms with Crippen LogP contribution in [0.3, 0.4) is 0 Å². The highest BCUT2D eigenvalue weighted by Gasteiger charge is 2.22. The topological polar surface area (TPSA) is 19.4 Å². The van der Waals surface area contributed by atoms with E-state index in [-0.39, 0.29) is 0 Å². The first-order valence-electron chi connectivity index (χ1n) is 5.92. The molecule has 2 aliphatic rings. The maximum Gasteiger partial charge on any atom is 0.0894 e. The molecule has 0 atom stereocenters. The molecule has 0 spiro atoms. The number of pyridine rings is 1. The van der Waals surface area contributed by atoms with Crippen LogP contribution in [0.15, 0.2) is 24.4 Å². The normalized spacial score (nSPS) is 20.8. The first-order valence-corrected chi connectivity index (χ1v) is 5.92. The van der Waals surface area contributed by atoms with Gasteiger partial charge in [0.15, 0.2) is 0 Å². The van der Waals surface area contributed by atoms with Gasteiger partial charge in [-0.2, -0.15) is 0 Å². The van der Waals surface area contributed by atoms with Crippen LogP contribution in [0.25, 0.3) is 5.70 Å². The van der Waals surface area contributed by atoms with Gasteiger partial charge in [-0.15, -0.1) is 0 Å².